The first-order valence-corrected chi connectivity index (χ1v) is 8.76. The summed E-state index contributed by atoms with van der Waals surface area (Å²) in [4.78, 5) is 15.7. The predicted octanol–water partition coefficient (Wildman–Crippen LogP) is 4.07. The number of fused-ring (bicyclic) bond motifs is 1. The summed E-state index contributed by atoms with van der Waals surface area (Å²) >= 11 is 1.27. The van der Waals surface area contributed by atoms with Gasteiger partial charge in [0.2, 0.25) is 0 Å². The van der Waals surface area contributed by atoms with Crippen LogP contribution in [0.5, 0.6) is 5.19 Å². The summed E-state index contributed by atoms with van der Waals surface area (Å²) in [5, 5.41) is 9.76. The van der Waals surface area contributed by atoms with E-state index in [9.17, 15) is 9.18 Å². The van der Waals surface area contributed by atoms with Crippen LogP contribution in [0.4, 0.5) is 4.39 Å². The molecule has 0 aliphatic rings. The van der Waals surface area contributed by atoms with Gasteiger partial charge in [0.1, 0.15) is 12.4 Å². The molecule has 4 aromatic rings. The molecule has 130 valence electrons. The van der Waals surface area contributed by atoms with Gasteiger partial charge in [-0.15, -0.1) is 5.10 Å². The zero-order valence-electron chi connectivity index (χ0n) is 13.8. The van der Waals surface area contributed by atoms with Crippen molar-refractivity contribution in [1.82, 2.24) is 15.2 Å². The largest absolute Gasteiger partial charge is 0.462 e. The Balaban J connectivity index is 1.56. The van der Waals surface area contributed by atoms with Crippen molar-refractivity contribution in [3.8, 4) is 15.8 Å². The Morgan fingerprint density at radius 1 is 1.12 bits per heavy atom. The maximum absolute atomic E-state index is 13.0. The first kappa shape index (κ1) is 16.4. The van der Waals surface area contributed by atoms with Crippen LogP contribution in [-0.2, 0) is 6.61 Å². The van der Waals surface area contributed by atoms with Crippen LogP contribution in [0.1, 0.15) is 11.3 Å². The quantitative estimate of drug-likeness (QED) is 0.590. The summed E-state index contributed by atoms with van der Waals surface area (Å²) < 4.78 is 18.7. The number of H-pyrrole nitrogens is 1. The molecule has 0 amide bonds. The van der Waals surface area contributed by atoms with Crippen molar-refractivity contribution in [3.05, 3.63) is 75.8 Å². The minimum atomic E-state index is -0.300. The summed E-state index contributed by atoms with van der Waals surface area (Å²) in [5.74, 6) is -0.300. The van der Waals surface area contributed by atoms with Gasteiger partial charge in [0.15, 0.2) is 10.4 Å². The Morgan fingerprint density at radius 3 is 2.69 bits per heavy atom. The number of hydrogen-bond donors (Lipinski definition) is 1. The predicted molar refractivity (Wildman–Crippen MR) is 98.9 cm³/mol. The highest BCUT2D eigenvalue weighted by atomic mass is 32.1. The molecule has 2 heterocycles. The van der Waals surface area contributed by atoms with Crippen LogP contribution >= 0.6 is 11.3 Å². The molecule has 0 radical (unpaired) electrons. The third-order valence-corrected chi connectivity index (χ3v) is 4.97. The number of nitrogens with one attached hydrogen (secondary N) is 1. The van der Waals surface area contributed by atoms with Gasteiger partial charge < -0.3 is 9.72 Å². The van der Waals surface area contributed by atoms with Gasteiger partial charge in [-0.1, -0.05) is 28.6 Å². The zero-order valence-corrected chi connectivity index (χ0v) is 14.6. The standard InChI is InChI=1S/C19H14FN3O2S/c1-11-16(21-15-5-3-2-4-14(15)17(11)24)10-25-19-23-22-18(26-19)12-6-8-13(20)9-7-12/h2-9H,10H2,1H3,(H,21,24). The molecule has 0 spiro atoms. The van der Waals surface area contributed by atoms with Gasteiger partial charge in [0.05, 0.1) is 5.69 Å². The van der Waals surface area contributed by atoms with Gasteiger partial charge in [-0.25, -0.2) is 4.39 Å². The second kappa shape index (κ2) is 6.68. The number of hydrogen-bond acceptors (Lipinski definition) is 5. The Morgan fingerprint density at radius 2 is 1.88 bits per heavy atom. The Hall–Kier alpha value is -3.06. The zero-order chi connectivity index (χ0) is 18.1. The highest BCUT2D eigenvalue weighted by molar-refractivity contribution is 7.16. The van der Waals surface area contributed by atoms with Crippen molar-refractivity contribution in [3.63, 3.8) is 0 Å². The fourth-order valence-electron chi connectivity index (χ4n) is 2.64. The molecule has 0 aliphatic carbocycles. The van der Waals surface area contributed by atoms with E-state index in [4.69, 9.17) is 4.74 Å². The lowest BCUT2D eigenvalue weighted by Crippen LogP contribution is -2.13. The van der Waals surface area contributed by atoms with Crippen molar-refractivity contribution in [2.45, 2.75) is 13.5 Å². The number of halogens is 1. The minimum absolute atomic E-state index is 0.0118. The molecule has 0 unspecified atom stereocenters. The summed E-state index contributed by atoms with van der Waals surface area (Å²) in [6.07, 6.45) is 0. The van der Waals surface area contributed by atoms with Crippen molar-refractivity contribution in [1.29, 1.82) is 0 Å². The summed E-state index contributed by atoms with van der Waals surface area (Å²) in [5.41, 5.74) is 2.85. The monoisotopic (exact) mass is 367 g/mol. The van der Waals surface area contributed by atoms with Crippen molar-refractivity contribution >= 4 is 22.2 Å². The highest BCUT2D eigenvalue weighted by Crippen LogP contribution is 2.28. The number of benzene rings is 2. The normalized spacial score (nSPS) is 11.0. The molecule has 2 aromatic heterocycles. The molecule has 0 bridgehead atoms. The molecule has 7 heteroatoms. The molecule has 4 rings (SSSR count). The van der Waals surface area contributed by atoms with Crippen LogP contribution in [0, 0.1) is 12.7 Å². The third-order valence-electron chi connectivity index (χ3n) is 4.09. The number of para-hydroxylation sites is 1. The van der Waals surface area contributed by atoms with E-state index in [-0.39, 0.29) is 17.9 Å². The fourth-order valence-corrected chi connectivity index (χ4v) is 3.34. The second-order valence-corrected chi connectivity index (χ2v) is 6.71. The molecule has 0 saturated carbocycles. The highest BCUT2D eigenvalue weighted by Gasteiger charge is 2.11. The molecule has 0 fully saturated rings. The SMILES string of the molecule is Cc1c(COc2nnc(-c3ccc(F)cc3)s2)[nH]c2ccccc2c1=O. The third kappa shape index (κ3) is 3.09. The maximum Gasteiger partial charge on any atom is 0.294 e. The number of aromatic nitrogens is 3. The maximum atomic E-state index is 13.0. The van der Waals surface area contributed by atoms with Crippen molar-refractivity contribution < 1.29 is 9.13 Å². The van der Waals surface area contributed by atoms with E-state index in [0.29, 0.717) is 26.8 Å². The molecule has 1 N–H and O–H groups in total. The average Bonchev–Trinajstić information content (AvgIpc) is 3.13. The molecule has 0 aliphatic heterocycles. The van der Waals surface area contributed by atoms with Crippen molar-refractivity contribution in [2.24, 2.45) is 0 Å². The van der Waals surface area contributed by atoms with E-state index in [2.05, 4.69) is 15.2 Å². The van der Waals surface area contributed by atoms with E-state index in [1.54, 1.807) is 25.1 Å². The first-order valence-electron chi connectivity index (χ1n) is 7.94. The average molecular weight is 367 g/mol. The minimum Gasteiger partial charge on any atom is -0.462 e. The second-order valence-electron chi connectivity index (χ2n) is 5.77. The summed E-state index contributed by atoms with van der Waals surface area (Å²) in [7, 11) is 0. The van der Waals surface area contributed by atoms with Gasteiger partial charge in [-0.2, -0.15) is 0 Å². The number of aromatic amines is 1. The molecule has 0 atom stereocenters. The molecule has 0 saturated heterocycles. The number of ether oxygens (including phenoxy) is 1. The first-order chi connectivity index (χ1) is 12.6. The Bertz CT molecular complexity index is 1140. The molecule has 26 heavy (non-hydrogen) atoms. The van der Waals surface area contributed by atoms with E-state index in [1.165, 1.54) is 23.5 Å². The van der Waals surface area contributed by atoms with Gasteiger partial charge in [0, 0.05) is 22.0 Å². The summed E-state index contributed by atoms with van der Waals surface area (Å²) in [6, 6.07) is 13.4. The topological polar surface area (TPSA) is 67.9 Å². The van der Waals surface area contributed by atoms with Gasteiger partial charge in [0.25, 0.3) is 5.19 Å². The molecular weight excluding hydrogens is 353 g/mol. The van der Waals surface area contributed by atoms with Gasteiger partial charge in [-0.3, -0.25) is 4.79 Å². The van der Waals surface area contributed by atoms with Gasteiger partial charge >= 0.3 is 0 Å². The smallest absolute Gasteiger partial charge is 0.294 e. The van der Waals surface area contributed by atoms with E-state index >= 15 is 0 Å². The van der Waals surface area contributed by atoms with Gasteiger partial charge in [-0.05, 0) is 43.3 Å². The van der Waals surface area contributed by atoms with Crippen LogP contribution in [0.25, 0.3) is 21.5 Å². The molecule has 5 nitrogen and oxygen atoms in total. The number of rotatable bonds is 4. The van der Waals surface area contributed by atoms with Crippen LogP contribution in [-0.4, -0.2) is 15.2 Å². The van der Waals surface area contributed by atoms with Crippen molar-refractivity contribution in [2.75, 3.05) is 0 Å². The summed E-state index contributed by atoms with van der Waals surface area (Å²) in [6.45, 7) is 1.96. The molecular formula is C19H14FN3O2S. The van der Waals surface area contributed by atoms with Crippen LogP contribution in [0.15, 0.2) is 53.3 Å². The lowest BCUT2D eigenvalue weighted by atomic mass is 10.1. The van der Waals surface area contributed by atoms with Crippen LogP contribution in [0.3, 0.4) is 0 Å². The Labute approximate surface area is 152 Å². The lowest BCUT2D eigenvalue weighted by molar-refractivity contribution is 0.296. The van der Waals surface area contributed by atoms with Crippen LogP contribution < -0.4 is 10.2 Å². The lowest BCUT2D eigenvalue weighted by Gasteiger charge is -2.08. The van der Waals surface area contributed by atoms with Crippen LogP contribution in [0.2, 0.25) is 0 Å². The molecule has 2 aromatic carbocycles. The number of pyridine rings is 1. The van der Waals surface area contributed by atoms with E-state index in [0.717, 1.165) is 11.1 Å². The van der Waals surface area contributed by atoms with E-state index < -0.39 is 0 Å². The van der Waals surface area contributed by atoms with E-state index in [1.807, 2.05) is 18.2 Å². The fraction of sp³-hybridized carbons (Fsp3) is 0.105. The number of nitrogens with zero attached hydrogens (tertiary/aromatic N) is 2. The Kier molecular flexibility index (Phi) is 4.22.